The number of amides is 2. The highest BCUT2D eigenvalue weighted by Gasteiger charge is 2.30. The zero-order valence-electron chi connectivity index (χ0n) is 16.8. The lowest BCUT2D eigenvalue weighted by Gasteiger charge is -2.31. The Hall–Kier alpha value is -3.19. The second-order valence-corrected chi connectivity index (χ2v) is 7.79. The molecule has 2 fully saturated rings. The number of likely N-dealkylation sites (tertiary alicyclic amines) is 1. The van der Waals surface area contributed by atoms with Crippen molar-refractivity contribution in [1.82, 2.24) is 19.8 Å². The maximum Gasteiger partial charge on any atom is 0.320 e. The highest BCUT2D eigenvalue weighted by Crippen LogP contribution is 2.24. The number of hydrogen-bond acceptors (Lipinski definition) is 5. The monoisotopic (exact) mass is 403 g/mol. The van der Waals surface area contributed by atoms with Crippen LogP contribution >= 0.6 is 0 Å². The van der Waals surface area contributed by atoms with Crippen LogP contribution in [0.4, 0.5) is 10.7 Å². The van der Waals surface area contributed by atoms with Gasteiger partial charge in [0.25, 0.3) is 0 Å². The van der Waals surface area contributed by atoms with Gasteiger partial charge in [0.15, 0.2) is 0 Å². The molecule has 154 valence electrons. The lowest BCUT2D eigenvalue weighted by Crippen LogP contribution is -2.47. The fraction of sp³-hybridized carbons (Fsp3) is 0.348. The van der Waals surface area contributed by atoms with Gasteiger partial charge in [-0.2, -0.15) is 0 Å². The number of hydrogen-bond donors (Lipinski definition) is 1. The van der Waals surface area contributed by atoms with Crippen molar-refractivity contribution < 1.29 is 9.53 Å². The molecule has 5 rings (SSSR count). The van der Waals surface area contributed by atoms with Gasteiger partial charge in [0.05, 0.1) is 18.9 Å². The SMILES string of the molecule is O=C(N1CCOCC1)N1CC[C@@H](Nc2nccc(-c3ccc4ccccc4c3)n2)C1. The summed E-state index contributed by atoms with van der Waals surface area (Å²) >= 11 is 0. The summed E-state index contributed by atoms with van der Waals surface area (Å²) in [6.45, 7) is 4.00. The molecule has 1 atom stereocenters. The maximum atomic E-state index is 12.7. The van der Waals surface area contributed by atoms with Crippen molar-refractivity contribution in [3.63, 3.8) is 0 Å². The number of anilines is 1. The highest BCUT2D eigenvalue weighted by molar-refractivity contribution is 5.86. The fourth-order valence-corrected chi connectivity index (χ4v) is 4.13. The normalized spacial score (nSPS) is 19.3. The molecule has 3 heterocycles. The Bertz CT molecular complexity index is 1050. The molecule has 2 aliphatic rings. The van der Waals surface area contributed by atoms with Crippen LogP contribution in [0, 0.1) is 0 Å². The number of aromatic nitrogens is 2. The second kappa shape index (κ2) is 8.28. The van der Waals surface area contributed by atoms with Crippen molar-refractivity contribution in [1.29, 1.82) is 0 Å². The summed E-state index contributed by atoms with van der Waals surface area (Å²) in [7, 11) is 0. The molecule has 2 amide bonds. The van der Waals surface area contributed by atoms with E-state index in [4.69, 9.17) is 9.72 Å². The van der Waals surface area contributed by atoms with E-state index >= 15 is 0 Å². The van der Waals surface area contributed by atoms with Crippen molar-refractivity contribution in [3.8, 4) is 11.3 Å². The summed E-state index contributed by atoms with van der Waals surface area (Å²) in [6.07, 6.45) is 2.67. The molecule has 0 unspecified atom stereocenters. The third kappa shape index (κ3) is 3.93. The van der Waals surface area contributed by atoms with E-state index in [0.717, 1.165) is 24.2 Å². The summed E-state index contributed by atoms with van der Waals surface area (Å²) in [5, 5.41) is 5.82. The molecule has 0 spiro atoms. The van der Waals surface area contributed by atoms with E-state index in [1.807, 2.05) is 28.0 Å². The Kier molecular flexibility index (Phi) is 5.19. The van der Waals surface area contributed by atoms with Crippen molar-refractivity contribution in [2.75, 3.05) is 44.7 Å². The number of urea groups is 1. The number of ether oxygens (including phenoxy) is 1. The first-order valence-corrected chi connectivity index (χ1v) is 10.5. The number of fused-ring (bicyclic) bond motifs is 1. The van der Waals surface area contributed by atoms with Crippen molar-refractivity contribution in [3.05, 3.63) is 54.7 Å². The van der Waals surface area contributed by atoms with Crippen LogP contribution in [0.3, 0.4) is 0 Å². The summed E-state index contributed by atoms with van der Waals surface area (Å²) in [6, 6.07) is 16.9. The Morgan fingerprint density at radius 1 is 1.00 bits per heavy atom. The van der Waals surface area contributed by atoms with Gasteiger partial charge in [-0.15, -0.1) is 0 Å². The first-order chi connectivity index (χ1) is 14.8. The Morgan fingerprint density at radius 3 is 2.70 bits per heavy atom. The molecule has 7 heteroatoms. The predicted molar refractivity (Wildman–Crippen MR) is 116 cm³/mol. The topological polar surface area (TPSA) is 70.6 Å². The van der Waals surface area contributed by atoms with Gasteiger partial charge in [-0.1, -0.05) is 36.4 Å². The van der Waals surface area contributed by atoms with E-state index in [2.05, 4.69) is 40.6 Å². The number of morpholine rings is 1. The highest BCUT2D eigenvalue weighted by atomic mass is 16.5. The van der Waals surface area contributed by atoms with Crippen LogP contribution in [0.25, 0.3) is 22.0 Å². The van der Waals surface area contributed by atoms with E-state index in [0.29, 0.717) is 38.8 Å². The number of carbonyl (C=O) groups excluding carboxylic acids is 1. The molecule has 1 N–H and O–H groups in total. The van der Waals surface area contributed by atoms with Gasteiger partial charge in [-0.05, 0) is 29.3 Å². The number of rotatable bonds is 3. The van der Waals surface area contributed by atoms with E-state index in [1.54, 1.807) is 6.20 Å². The molecule has 30 heavy (non-hydrogen) atoms. The Morgan fingerprint density at radius 2 is 1.83 bits per heavy atom. The van der Waals surface area contributed by atoms with Gasteiger partial charge < -0.3 is 19.9 Å². The minimum atomic E-state index is 0.105. The summed E-state index contributed by atoms with van der Waals surface area (Å²) in [4.78, 5) is 25.6. The average molecular weight is 403 g/mol. The molecular formula is C23H25N5O2. The van der Waals surface area contributed by atoms with Gasteiger partial charge in [0.1, 0.15) is 0 Å². The summed E-state index contributed by atoms with van der Waals surface area (Å²) < 4.78 is 5.34. The quantitative estimate of drug-likeness (QED) is 0.727. The largest absolute Gasteiger partial charge is 0.378 e. The Labute approximate surface area is 175 Å². The molecule has 3 aromatic rings. The molecule has 0 radical (unpaired) electrons. The third-order valence-electron chi connectivity index (χ3n) is 5.77. The predicted octanol–water partition coefficient (Wildman–Crippen LogP) is 3.24. The van der Waals surface area contributed by atoms with E-state index in [-0.39, 0.29) is 12.1 Å². The zero-order chi connectivity index (χ0) is 20.3. The smallest absolute Gasteiger partial charge is 0.320 e. The van der Waals surface area contributed by atoms with E-state index in [9.17, 15) is 4.79 Å². The van der Waals surface area contributed by atoms with Crippen LogP contribution < -0.4 is 5.32 Å². The number of carbonyl (C=O) groups is 1. The van der Waals surface area contributed by atoms with Gasteiger partial charge in [-0.25, -0.2) is 14.8 Å². The zero-order valence-corrected chi connectivity index (χ0v) is 16.8. The van der Waals surface area contributed by atoms with Crippen molar-refractivity contribution >= 4 is 22.8 Å². The molecular weight excluding hydrogens is 378 g/mol. The molecule has 1 aromatic heterocycles. The number of nitrogens with one attached hydrogen (secondary N) is 1. The van der Waals surface area contributed by atoms with Crippen LogP contribution in [-0.2, 0) is 4.74 Å². The van der Waals surface area contributed by atoms with Crippen LogP contribution in [0.1, 0.15) is 6.42 Å². The minimum Gasteiger partial charge on any atom is -0.378 e. The third-order valence-corrected chi connectivity index (χ3v) is 5.77. The number of nitrogens with zero attached hydrogens (tertiary/aromatic N) is 4. The van der Waals surface area contributed by atoms with Crippen LogP contribution in [-0.4, -0.2) is 71.2 Å². The molecule has 2 aromatic carbocycles. The first kappa shape index (κ1) is 18.8. The van der Waals surface area contributed by atoms with Crippen LogP contribution in [0.5, 0.6) is 0 Å². The van der Waals surface area contributed by atoms with E-state index in [1.165, 1.54) is 10.8 Å². The van der Waals surface area contributed by atoms with Crippen LogP contribution in [0.15, 0.2) is 54.7 Å². The molecule has 0 aliphatic carbocycles. The number of benzene rings is 2. The van der Waals surface area contributed by atoms with Crippen molar-refractivity contribution in [2.24, 2.45) is 0 Å². The second-order valence-electron chi connectivity index (χ2n) is 7.79. The fourth-order valence-electron chi connectivity index (χ4n) is 4.13. The Balaban J connectivity index is 1.26. The standard InChI is InChI=1S/C23H25N5O2/c29-23(27-11-13-30-14-12-27)28-10-8-20(16-28)25-22-24-9-7-21(26-22)19-6-5-17-3-1-2-4-18(17)15-19/h1-7,9,15,20H,8,10-14,16H2,(H,24,25,26)/t20-/m1/s1. The molecule has 0 saturated carbocycles. The summed E-state index contributed by atoms with van der Waals surface area (Å²) in [5.41, 5.74) is 1.95. The van der Waals surface area contributed by atoms with Gasteiger partial charge in [0, 0.05) is 44.0 Å². The lowest BCUT2D eigenvalue weighted by atomic mass is 10.1. The summed E-state index contributed by atoms with van der Waals surface area (Å²) in [5.74, 6) is 0.603. The molecule has 2 aliphatic heterocycles. The average Bonchev–Trinajstić information content (AvgIpc) is 3.27. The maximum absolute atomic E-state index is 12.7. The van der Waals surface area contributed by atoms with E-state index < -0.39 is 0 Å². The first-order valence-electron chi connectivity index (χ1n) is 10.5. The van der Waals surface area contributed by atoms with Gasteiger partial charge >= 0.3 is 6.03 Å². The molecule has 0 bridgehead atoms. The minimum absolute atomic E-state index is 0.105. The molecule has 2 saturated heterocycles. The lowest BCUT2D eigenvalue weighted by molar-refractivity contribution is 0.0451. The van der Waals surface area contributed by atoms with Gasteiger partial charge in [0.2, 0.25) is 5.95 Å². The van der Waals surface area contributed by atoms with Crippen LogP contribution in [0.2, 0.25) is 0 Å². The van der Waals surface area contributed by atoms with Gasteiger partial charge in [-0.3, -0.25) is 0 Å². The van der Waals surface area contributed by atoms with Crippen molar-refractivity contribution in [2.45, 2.75) is 12.5 Å². The molecule has 7 nitrogen and oxygen atoms in total.